The molecule has 1 aliphatic rings. The maximum atomic E-state index is 12.3. The van der Waals surface area contributed by atoms with Gasteiger partial charge in [0.2, 0.25) is 10.0 Å². The molecule has 0 radical (unpaired) electrons. The van der Waals surface area contributed by atoms with Crippen LogP contribution in [-0.4, -0.2) is 47.4 Å². The smallest absolute Gasteiger partial charge is 0.261 e. The predicted molar refractivity (Wildman–Crippen MR) is 69.1 cm³/mol. The van der Waals surface area contributed by atoms with Gasteiger partial charge in [-0.05, 0) is 18.2 Å². The highest BCUT2D eigenvalue weighted by Gasteiger charge is 2.27. The molecule has 1 saturated heterocycles. The van der Waals surface area contributed by atoms with Crippen LogP contribution in [0, 0.1) is 0 Å². The van der Waals surface area contributed by atoms with Gasteiger partial charge in [-0.25, -0.2) is 16.8 Å². The second kappa shape index (κ2) is 5.37. The van der Waals surface area contributed by atoms with Gasteiger partial charge >= 0.3 is 0 Å². The zero-order valence-corrected chi connectivity index (χ0v) is 12.2. The summed E-state index contributed by atoms with van der Waals surface area (Å²) in [5, 5.41) is 0. The third kappa shape index (κ3) is 3.26. The molecular weight excluding hydrogens is 314 g/mol. The van der Waals surface area contributed by atoms with Gasteiger partial charge in [0.05, 0.1) is 23.0 Å². The molecule has 0 bridgehead atoms. The molecule has 0 atom stereocenters. The highest BCUT2D eigenvalue weighted by molar-refractivity contribution is 8.13. The molecule has 1 fully saturated rings. The number of hydrogen-bond acceptors (Lipinski definition) is 5. The van der Waals surface area contributed by atoms with Crippen LogP contribution in [0.25, 0.3) is 0 Å². The molecule has 1 aliphatic heterocycles. The fraction of sp³-hybridized carbons (Fsp3) is 0.400. The van der Waals surface area contributed by atoms with Crippen molar-refractivity contribution in [3.63, 3.8) is 0 Å². The van der Waals surface area contributed by atoms with Crippen molar-refractivity contribution in [1.82, 2.24) is 4.31 Å². The molecule has 0 saturated carbocycles. The van der Waals surface area contributed by atoms with E-state index in [0.29, 0.717) is 13.2 Å². The fourth-order valence-electron chi connectivity index (χ4n) is 1.72. The van der Waals surface area contributed by atoms with Gasteiger partial charge in [0.15, 0.2) is 0 Å². The summed E-state index contributed by atoms with van der Waals surface area (Å²) in [6.45, 7) is 1.15. The highest BCUT2D eigenvalue weighted by Crippen LogP contribution is 2.22. The molecule has 0 N–H and O–H groups in total. The largest absolute Gasteiger partial charge is 0.379 e. The van der Waals surface area contributed by atoms with Crippen molar-refractivity contribution in [2.45, 2.75) is 9.79 Å². The first-order chi connectivity index (χ1) is 8.82. The van der Waals surface area contributed by atoms with Crippen molar-refractivity contribution in [2.75, 3.05) is 26.3 Å². The zero-order valence-electron chi connectivity index (χ0n) is 9.82. The van der Waals surface area contributed by atoms with Crippen LogP contribution in [0.15, 0.2) is 34.1 Å². The molecule has 2 rings (SSSR count). The molecule has 0 spiro atoms. The van der Waals surface area contributed by atoms with Crippen LogP contribution in [-0.2, 0) is 23.8 Å². The first-order valence-corrected chi connectivity index (χ1v) is 9.19. The summed E-state index contributed by atoms with van der Waals surface area (Å²) in [5.74, 6) is 0. The lowest BCUT2D eigenvalue weighted by atomic mass is 10.4. The number of halogens is 1. The maximum absolute atomic E-state index is 12.3. The molecule has 0 unspecified atom stereocenters. The van der Waals surface area contributed by atoms with Crippen molar-refractivity contribution in [2.24, 2.45) is 0 Å². The number of benzene rings is 1. The van der Waals surface area contributed by atoms with Gasteiger partial charge in [-0.15, -0.1) is 0 Å². The normalized spacial score (nSPS) is 18.4. The quantitative estimate of drug-likeness (QED) is 0.762. The average molecular weight is 326 g/mol. The van der Waals surface area contributed by atoms with Crippen LogP contribution in [0.5, 0.6) is 0 Å². The van der Waals surface area contributed by atoms with Gasteiger partial charge in [0.25, 0.3) is 9.05 Å². The summed E-state index contributed by atoms with van der Waals surface area (Å²) in [5.41, 5.74) is 0. The molecular formula is C10H12ClNO5S2. The SMILES string of the molecule is O=S(=O)(Cl)c1cccc(S(=O)(=O)N2CCOCC2)c1. The lowest BCUT2D eigenvalue weighted by Crippen LogP contribution is -2.40. The van der Waals surface area contributed by atoms with Gasteiger partial charge in [0, 0.05) is 23.8 Å². The van der Waals surface area contributed by atoms with Crippen LogP contribution in [0.3, 0.4) is 0 Å². The summed E-state index contributed by atoms with van der Waals surface area (Å²) < 4.78 is 53.4. The van der Waals surface area contributed by atoms with Gasteiger partial charge in [-0.3, -0.25) is 0 Å². The third-order valence-electron chi connectivity index (χ3n) is 2.69. The molecule has 0 aliphatic carbocycles. The van der Waals surface area contributed by atoms with E-state index in [4.69, 9.17) is 15.4 Å². The second-order valence-electron chi connectivity index (χ2n) is 3.93. The number of ether oxygens (including phenoxy) is 1. The number of morpholine rings is 1. The molecule has 0 aromatic heterocycles. The van der Waals surface area contributed by atoms with Crippen LogP contribution in [0.2, 0.25) is 0 Å². The van der Waals surface area contributed by atoms with E-state index in [1.165, 1.54) is 22.5 Å². The van der Waals surface area contributed by atoms with Gasteiger partial charge in [-0.2, -0.15) is 4.31 Å². The van der Waals surface area contributed by atoms with Crippen LogP contribution >= 0.6 is 10.7 Å². The summed E-state index contributed by atoms with van der Waals surface area (Å²) in [6.07, 6.45) is 0. The molecule has 106 valence electrons. The molecule has 1 aromatic carbocycles. The van der Waals surface area contributed by atoms with Crippen molar-refractivity contribution in [3.05, 3.63) is 24.3 Å². The minimum absolute atomic E-state index is 0.0869. The Hall–Kier alpha value is -0.670. The van der Waals surface area contributed by atoms with Crippen molar-refractivity contribution < 1.29 is 21.6 Å². The monoisotopic (exact) mass is 325 g/mol. The highest BCUT2D eigenvalue weighted by atomic mass is 35.7. The summed E-state index contributed by atoms with van der Waals surface area (Å²) in [4.78, 5) is -0.320. The molecule has 9 heteroatoms. The van der Waals surface area contributed by atoms with Crippen molar-refractivity contribution >= 4 is 29.8 Å². The Morgan fingerprint density at radius 3 is 2.21 bits per heavy atom. The van der Waals surface area contributed by atoms with Gasteiger partial charge < -0.3 is 4.74 Å². The lowest BCUT2D eigenvalue weighted by molar-refractivity contribution is 0.0730. The average Bonchev–Trinajstić information content (AvgIpc) is 2.39. The Bertz CT molecular complexity index is 665. The minimum atomic E-state index is -3.95. The number of nitrogens with zero attached hydrogens (tertiary/aromatic N) is 1. The summed E-state index contributed by atoms with van der Waals surface area (Å²) in [6, 6.07) is 5.01. The van der Waals surface area contributed by atoms with Crippen LogP contribution in [0.4, 0.5) is 0 Å². The fourth-order valence-corrected chi connectivity index (χ4v) is 4.05. The molecule has 19 heavy (non-hydrogen) atoms. The zero-order chi connectivity index (χ0) is 14.1. The summed E-state index contributed by atoms with van der Waals surface area (Å²) >= 11 is 0. The first kappa shape index (κ1) is 14.7. The molecule has 1 aromatic rings. The topological polar surface area (TPSA) is 80.8 Å². The predicted octanol–water partition coefficient (Wildman–Crippen LogP) is 0.635. The Balaban J connectivity index is 2.41. The first-order valence-electron chi connectivity index (χ1n) is 5.44. The number of sulfonamides is 1. The third-order valence-corrected chi connectivity index (χ3v) is 5.94. The lowest BCUT2D eigenvalue weighted by Gasteiger charge is -2.26. The Kier molecular flexibility index (Phi) is 4.17. The Morgan fingerprint density at radius 1 is 1.05 bits per heavy atom. The van der Waals surface area contributed by atoms with Crippen molar-refractivity contribution in [3.8, 4) is 0 Å². The van der Waals surface area contributed by atoms with E-state index in [2.05, 4.69) is 0 Å². The van der Waals surface area contributed by atoms with E-state index < -0.39 is 19.1 Å². The van der Waals surface area contributed by atoms with E-state index in [1.807, 2.05) is 0 Å². The van der Waals surface area contributed by atoms with E-state index in [9.17, 15) is 16.8 Å². The van der Waals surface area contributed by atoms with E-state index in [1.54, 1.807) is 0 Å². The Morgan fingerprint density at radius 2 is 1.63 bits per heavy atom. The van der Waals surface area contributed by atoms with Crippen molar-refractivity contribution in [1.29, 1.82) is 0 Å². The maximum Gasteiger partial charge on any atom is 0.261 e. The van der Waals surface area contributed by atoms with E-state index >= 15 is 0 Å². The van der Waals surface area contributed by atoms with Crippen LogP contribution in [0.1, 0.15) is 0 Å². The van der Waals surface area contributed by atoms with Gasteiger partial charge in [-0.1, -0.05) is 6.07 Å². The van der Waals surface area contributed by atoms with E-state index in [-0.39, 0.29) is 22.9 Å². The second-order valence-corrected chi connectivity index (χ2v) is 8.43. The van der Waals surface area contributed by atoms with Crippen LogP contribution < -0.4 is 0 Å². The minimum Gasteiger partial charge on any atom is -0.379 e. The molecule has 1 heterocycles. The molecule has 0 amide bonds. The van der Waals surface area contributed by atoms with Gasteiger partial charge in [0.1, 0.15) is 0 Å². The standard InChI is InChI=1S/C10H12ClNO5S2/c11-18(13,14)9-2-1-3-10(8-9)19(15,16)12-4-6-17-7-5-12/h1-3,8H,4-7H2. The Labute approximate surface area is 116 Å². The summed E-state index contributed by atoms with van der Waals surface area (Å²) in [7, 11) is -2.46. The number of hydrogen-bond donors (Lipinski definition) is 0. The van der Waals surface area contributed by atoms with E-state index in [0.717, 1.165) is 6.07 Å². The number of rotatable bonds is 3. The molecule has 6 nitrogen and oxygen atoms in total.